The van der Waals surface area contributed by atoms with Gasteiger partial charge < -0.3 is 45.1 Å². The fraction of sp³-hybridized carbons (Fsp3) is 0.818. The molecule has 1 aliphatic rings. The Hall–Kier alpha value is -2.90. The summed E-state index contributed by atoms with van der Waals surface area (Å²) in [5, 5.41) is 57.3. The quantitative estimate of drug-likeness (QED) is 0.0195. The van der Waals surface area contributed by atoms with Gasteiger partial charge in [0.05, 0.1) is 25.4 Å². The zero-order valence-corrected chi connectivity index (χ0v) is 57.1. The van der Waals surface area contributed by atoms with Crippen LogP contribution in [0.25, 0.3) is 0 Å². The van der Waals surface area contributed by atoms with Crippen LogP contribution in [0.2, 0.25) is 0 Å². The van der Waals surface area contributed by atoms with E-state index >= 15 is 0 Å². The molecule has 0 saturated carbocycles. The Morgan fingerprint density at radius 1 is 0.443 bits per heavy atom. The zero-order valence-electron chi connectivity index (χ0n) is 57.1. The lowest BCUT2D eigenvalue weighted by Crippen LogP contribution is -2.61. The molecule has 0 aromatic rings. The molecule has 1 saturated heterocycles. The number of aliphatic hydroxyl groups excluding tert-OH is 5. The molecule has 0 radical (unpaired) electrons. The van der Waals surface area contributed by atoms with Gasteiger partial charge in [0, 0.05) is 6.42 Å². The lowest BCUT2D eigenvalue weighted by molar-refractivity contribution is -0.305. The van der Waals surface area contributed by atoms with Gasteiger partial charge in [-0.2, -0.15) is 0 Å². The molecular weight excluding hydrogens is 1100 g/mol. The van der Waals surface area contributed by atoms with Crippen molar-refractivity contribution in [1.29, 1.82) is 0 Å². The highest BCUT2D eigenvalue weighted by Crippen LogP contribution is 2.26. The van der Waals surface area contributed by atoms with Gasteiger partial charge in [-0.3, -0.25) is 9.59 Å². The van der Waals surface area contributed by atoms with Crippen molar-refractivity contribution in [2.24, 2.45) is 0 Å². The van der Waals surface area contributed by atoms with Gasteiger partial charge in [0.1, 0.15) is 24.4 Å². The number of rotatable bonds is 64. The summed E-state index contributed by atoms with van der Waals surface area (Å²) in [4.78, 5) is 26.7. The fourth-order valence-corrected chi connectivity index (χ4v) is 11.5. The molecule has 1 aliphatic heterocycles. The summed E-state index contributed by atoms with van der Waals surface area (Å²) in [5.74, 6) is -1.20. The van der Waals surface area contributed by atoms with Gasteiger partial charge in [-0.15, -0.1) is 0 Å². The second-order valence-electron chi connectivity index (χ2n) is 25.7. The van der Waals surface area contributed by atoms with Crippen LogP contribution in [0.4, 0.5) is 0 Å². The summed E-state index contributed by atoms with van der Waals surface area (Å²) in [6.45, 7) is 5.79. The number of carbonyl (C=O) groups excluding carboxylic acids is 2. The van der Waals surface area contributed by atoms with Gasteiger partial charge in [-0.05, 0) is 96.3 Å². The van der Waals surface area contributed by atoms with Crippen molar-refractivity contribution in [2.45, 2.75) is 391 Å². The summed E-state index contributed by atoms with van der Waals surface area (Å²) >= 11 is 0. The fourth-order valence-electron chi connectivity index (χ4n) is 11.5. The van der Waals surface area contributed by atoms with E-state index in [2.05, 4.69) is 86.8 Å². The summed E-state index contributed by atoms with van der Waals surface area (Å²) < 4.78 is 17.7. The van der Waals surface area contributed by atoms with E-state index in [1.54, 1.807) is 6.08 Å². The highest BCUT2D eigenvalue weighted by molar-refractivity contribution is 5.80. The number of hydrogen-bond donors (Lipinski definition) is 6. The molecule has 11 nitrogen and oxygen atoms in total. The first-order chi connectivity index (χ1) is 43.2. The second kappa shape index (κ2) is 64.2. The monoisotopic (exact) mass is 1240 g/mol. The number of ether oxygens (including phenoxy) is 3. The Morgan fingerprint density at radius 3 is 1.20 bits per heavy atom. The molecule has 0 bridgehead atoms. The van der Waals surface area contributed by atoms with E-state index in [0.29, 0.717) is 19.3 Å². The SMILES string of the molecule is CCCCC/C=C\C/C=C\C/C=C\C/C=C\CCCCCCCCCC(=O)OC1C(OCC(NC(=O)C(O)CCCCCCCCCCCCCCCC/C=C/CCCCCCCC)C(O)/C=C/CCCCCCCCCCCC)OC(CO)C(O)C1O. The summed E-state index contributed by atoms with van der Waals surface area (Å²) in [6, 6.07) is -1.03. The van der Waals surface area contributed by atoms with Crippen LogP contribution in [0.5, 0.6) is 0 Å². The Bertz CT molecular complexity index is 1710. The number of nitrogens with one attached hydrogen (secondary N) is 1. The predicted molar refractivity (Wildman–Crippen MR) is 370 cm³/mol. The molecule has 0 aromatic carbocycles. The zero-order chi connectivity index (χ0) is 63.9. The van der Waals surface area contributed by atoms with E-state index < -0.39 is 67.4 Å². The standard InChI is InChI=1S/C77H139NO10/c1-4-7-10-13-16-19-22-25-27-29-31-33-35-37-38-40-42-44-46-49-52-55-58-61-64-70(81)76(85)78-68(69(80)63-60-57-54-51-48-24-21-18-15-12-9-6-3)67-86-77-75(74(84)73(83)71(66-79)87-77)88-72(82)65-62-59-56-53-50-47-45-43-41-39-36-34-32-30-28-26-23-20-17-14-11-8-5-2/h17,20,25-28,32,34,39,41,60,63,68-71,73-75,77,79-81,83-84H,4-16,18-19,21-24,29-31,33,35-38,40,42-59,61-62,64-67H2,1-3H3,(H,78,85)/b20-17-,27-25+,28-26-,34-32-,41-39-,63-60+. The number of esters is 1. The van der Waals surface area contributed by atoms with Crippen LogP contribution in [-0.2, 0) is 23.8 Å². The van der Waals surface area contributed by atoms with Gasteiger partial charge in [0.2, 0.25) is 5.91 Å². The maximum absolute atomic E-state index is 13.5. The molecule has 1 heterocycles. The third kappa shape index (κ3) is 50.7. The van der Waals surface area contributed by atoms with E-state index in [0.717, 1.165) is 103 Å². The number of amides is 1. The van der Waals surface area contributed by atoms with Crippen molar-refractivity contribution in [2.75, 3.05) is 13.2 Å². The third-order valence-electron chi connectivity index (χ3n) is 17.3. The molecule has 0 aliphatic carbocycles. The number of hydrogen-bond acceptors (Lipinski definition) is 10. The topological polar surface area (TPSA) is 175 Å². The minimum atomic E-state index is -1.62. The molecular formula is C77H139NO10. The van der Waals surface area contributed by atoms with Gasteiger partial charge in [0.25, 0.3) is 0 Å². The lowest BCUT2D eigenvalue weighted by atomic mass is 9.99. The van der Waals surface area contributed by atoms with Gasteiger partial charge in [-0.25, -0.2) is 0 Å². The maximum atomic E-state index is 13.5. The average Bonchev–Trinajstić information content (AvgIpc) is 2.54. The highest BCUT2D eigenvalue weighted by atomic mass is 16.7. The van der Waals surface area contributed by atoms with Crippen LogP contribution in [0.3, 0.4) is 0 Å². The molecule has 1 fully saturated rings. The molecule has 0 spiro atoms. The van der Waals surface area contributed by atoms with Crippen molar-refractivity contribution in [3.05, 3.63) is 72.9 Å². The van der Waals surface area contributed by atoms with Crippen LogP contribution in [0.15, 0.2) is 72.9 Å². The molecule has 11 heteroatoms. The van der Waals surface area contributed by atoms with E-state index in [9.17, 15) is 35.1 Å². The molecule has 1 rings (SSSR count). The molecule has 6 N–H and O–H groups in total. The van der Waals surface area contributed by atoms with Crippen LogP contribution in [0.1, 0.15) is 342 Å². The summed E-state index contributed by atoms with van der Waals surface area (Å²) in [7, 11) is 0. The first-order valence-corrected chi connectivity index (χ1v) is 37.2. The molecule has 8 atom stereocenters. The van der Waals surface area contributed by atoms with Crippen LogP contribution < -0.4 is 5.32 Å². The Balaban J connectivity index is 2.56. The number of aliphatic hydroxyl groups is 5. The van der Waals surface area contributed by atoms with Crippen molar-refractivity contribution in [3.63, 3.8) is 0 Å². The van der Waals surface area contributed by atoms with Crippen molar-refractivity contribution in [3.8, 4) is 0 Å². The first-order valence-electron chi connectivity index (χ1n) is 37.2. The molecule has 1 amide bonds. The average molecular weight is 1240 g/mol. The largest absolute Gasteiger partial charge is 0.454 e. The second-order valence-corrected chi connectivity index (χ2v) is 25.7. The summed E-state index contributed by atoms with van der Waals surface area (Å²) in [6.07, 6.45) is 73.7. The normalized spacial score (nSPS) is 18.6. The van der Waals surface area contributed by atoms with Crippen LogP contribution in [0, 0.1) is 0 Å². The van der Waals surface area contributed by atoms with Crippen molar-refractivity contribution in [1.82, 2.24) is 5.32 Å². The molecule has 512 valence electrons. The predicted octanol–water partition coefficient (Wildman–Crippen LogP) is 19.5. The van der Waals surface area contributed by atoms with Crippen molar-refractivity contribution >= 4 is 11.9 Å². The van der Waals surface area contributed by atoms with Gasteiger partial charge in [0.15, 0.2) is 12.4 Å². The molecule has 8 unspecified atom stereocenters. The number of unbranched alkanes of at least 4 members (excludes halogenated alkanes) is 40. The smallest absolute Gasteiger partial charge is 0.306 e. The van der Waals surface area contributed by atoms with E-state index in [1.165, 1.54) is 193 Å². The number of carbonyl (C=O) groups is 2. The van der Waals surface area contributed by atoms with Crippen LogP contribution >= 0.6 is 0 Å². The number of allylic oxidation sites excluding steroid dienone is 11. The molecule has 0 aromatic heterocycles. The third-order valence-corrected chi connectivity index (χ3v) is 17.3. The first kappa shape index (κ1) is 83.1. The summed E-state index contributed by atoms with van der Waals surface area (Å²) in [5.41, 5.74) is 0. The Morgan fingerprint density at radius 2 is 0.784 bits per heavy atom. The van der Waals surface area contributed by atoms with Crippen LogP contribution in [-0.4, -0.2) is 99.6 Å². The van der Waals surface area contributed by atoms with Crippen molar-refractivity contribution < 1.29 is 49.3 Å². The minimum Gasteiger partial charge on any atom is -0.454 e. The molecule has 88 heavy (non-hydrogen) atoms. The lowest BCUT2D eigenvalue weighted by Gasteiger charge is -2.41. The van der Waals surface area contributed by atoms with Gasteiger partial charge >= 0.3 is 5.97 Å². The van der Waals surface area contributed by atoms with E-state index in [1.807, 2.05) is 6.08 Å². The Kier molecular flexibility index (Phi) is 60.6. The minimum absolute atomic E-state index is 0.110. The highest BCUT2D eigenvalue weighted by Gasteiger charge is 2.47. The van der Waals surface area contributed by atoms with E-state index in [-0.39, 0.29) is 13.0 Å². The van der Waals surface area contributed by atoms with E-state index in [4.69, 9.17) is 14.2 Å². The maximum Gasteiger partial charge on any atom is 0.306 e. The Labute approximate surface area is 541 Å². The van der Waals surface area contributed by atoms with Gasteiger partial charge in [-0.1, -0.05) is 312 Å².